The molecular weight excluding hydrogens is 249 g/mol. The van der Waals surface area contributed by atoms with Crippen molar-refractivity contribution in [2.75, 3.05) is 0 Å². The van der Waals surface area contributed by atoms with Crippen LogP contribution in [-0.2, 0) is 7.05 Å². The van der Waals surface area contributed by atoms with Crippen molar-refractivity contribution in [2.45, 2.75) is 0 Å². The van der Waals surface area contributed by atoms with Crippen LogP contribution in [0.15, 0.2) is 24.4 Å². The summed E-state index contributed by atoms with van der Waals surface area (Å²) < 4.78 is 1.46. The van der Waals surface area contributed by atoms with Gasteiger partial charge in [0, 0.05) is 22.7 Å². The average Bonchev–Trinajstić information content (AvgIpc) is 2.62. The zero-order valence-corrected chi connectivity index (χ0v) is 9.83. The lowest BCUT2D eigenvalue weighted by Crippen LogP contribution is -2.01. The minimum atomic E-state index is -0.252. The number of aryl methyl sites for hydroxylation is 1. The number of hydrogen-bond donors (Lipinski definition) is 0. The summed E-state index contributed by atoms with van der Waals surface area (Å²) in [7, 11) is 1.69. The summed E-state index contributed by atoms with van der Waals surface area (Å²) in [6.45, 7) is 0. The van der Waals surface area contributed by atoms with Gasteiger partial charge in [0.05, 0.1) is 6.20 Å². The molecule has 1 aromatic heterocycles. The smallest absolute Gasteiger partial charge is 0.214 e. The lowest BCUT2D eigenvalue weighted by atomic mass is 10.1. The third kappa shape index (κ3) is 2.23. The van der Waals surface area contributed by atoms with Crippen LogP contribution in [0, 0.1) is 0 Å². The minimum Gasteiger partial charge on any atom is -0.287 e. The molecule has 2 aromatic rings. The van der Waals surface area contributed by atoms with E-state index in [9.17, 15) is 4.79 Å². The number of benzene rings is 1. The molecule has 0 radical (unpaired) electrons. The van der Waals surface area contributed by atoms with E-state index >= 15 is 0 Å². The lowest BCUT2D eigenvalue weighted by molar-refractivity contribution is 0.103. The number of halogens is 2. The first-order valence-corrected chi connectivity index (χ1v) is 5.19. The molecule has 0 amide bonds. The molecule has 0 N–H and O–H groups in total. The van der Waals surface area contributed by atoms with Gasteiger partial charge in [-0.25, -0.2) is 0 Å². The van der Waals surface area contributed by atoms with Gasteiger partial charge in [-0.3, -0.25) is 9.48 Å². The third-order valence-electron chi connectivity index (χ3n) is 1.96. The number of hydrogen-bond acceptors (Lipinski definition) is 3. The Balaban J connectivity index is 2.41. The van der Waals surface area contributed by atoms with E-state index in [-0.39, 0.29) is 11.5 Å². The van der Waals surface area contributed by atoms with Gasteiger partial charge < -0.3 is 0 Å². The molecule has 0 fully saturated rings. The fourth-order valence-electron chi connectivity index (χ4n) is 1.28. The van der Waals surface area contributed by atoms with Crippen LogP contribution in [0.5, 0.6) is 0 Å². The summed E-state index contributed by atoms with van der Waals surface area (Å²) >= 11 is 11.6. The second kappa shape index (κ2) is 4.23. The zero-order valence-electron chi connectivity index (χ0n) is 8.32. The molecule has 2 rings (SSSR count). The summed E-state index contributed by atoms with van der Waals surface area (Å²) in [5.74, 6) is -0.252. The van der Waals surface area contributed by atoms with Crippen LogP contribution >= 0.6 is 23.2 Å². The fourth-order valence-corrected chi connectivity index (χ4v) is 1.81. The first-order chi connectivity index (χ1) is 7.56. The Morgan fingerprint density at radius 3 is 2.38 bits per heavy atom. The molecule has 0 saturated carbocycles. The predicted octanol–water partition coefficient (Wildman–Crippen LogP) is 2.35. The first-order valence-electron chi connectivity index (χ1n) is 4.43. The summed E-state index contributed by atoms with van der Waals surface area (Å²) in [6, 6.07) is 4.66. The molecule has 4 nitrogen and oxygen atoms in total. The monoisotopic (exact) mass is 255 g/mol. The number of aromatic nitrogens is 3. The average molecular weight is 256 g/mol. The van der Waals surface area contributed by atoms with Crippen molar-refractivity contribution in [2.24, 2.45) is 7.05 Å². The van der Waals surface area contributed by atoms with E-state index in [0.717, 1.165) is 0 Å². The van der Waals surface area contributed by atoms with Crippen molar-refractivity contribution in [1.29, 1.82) is 0 Å². The van der Waals surface area contributed by atoms with Gasteiger partial charge in [-0.2, -0.15) is 0 Å². The zero-order chi connectivity index (χ0) is 11.7. The van der Waals surface area contributed by atoms with E-state index < -0.39 is 0 Å². The van der Waals surface area contributed by atoms with Crippen molar-refractivity contribution in [1.82, 2.24) is 15.0 Å². The molecule has 0 bridgehead atoms. The molecule has 82 valence electrons. The van der Waals surface area contributed by atoms with Crippen molar-refractivity contribution >= 4 is 29.0 Å². The topological polar surface area (TPSA) is 47.8 Å². The highest BCUT2D eigenvalue weighted by Crippen LogP contribution is 2.20. The van der Waals surface area contributed by atoms with Gasteiger partial charge in [-0.1, -0.05) is 28.4 Å². The third-order valence-corrected chi connectivity index (χ3v) is 2.40. The highest BCUT2D eigenvalue weighted by molar-refractivity contribution is 6.35. The Labute approximate surface area is 102 Å². The van der Waals surface area contributed by atoms with Gasteiger partial charge in [-0.15, -0.1) is 5.10 Å². The molecule has 0 atom stereocenters. The van der Waals surface area contributed by atoms with Gasteiger partial charge in [0.15, 0.2) is 5.69 Å². The Morgan fingerprint density at radius 2 is 1.88 bits per heavy atom. The van der Waals surface area contributed by atoms with E-state index in [0.29, 0.717) is 15.6 Å². The van der Waals surface area contributed by atoms with Crippen LogP contribution in [0.3, 0.4) is 0 Å². The van der Waals surface area contributed by atoms with E-state index in [1.54, 1.807) is 25.2 Å². The van der Waals surface area contributed by atoms with Crippen LogP contribution in [-0.4, -0.2) is 20.8 Å². The Bertz CT molecular complexity index is 530. The molecule has 0 aliphatic heterocycles. The van der Waals surface area contributed by atoms with Crippen LogP contribution in [0.25, 0.3) is 0 Å². The molecule has 0 unspecified atom stereocenters. The Kier molecular flexibility index (Phi) is 2.94. The highest BCUT2D eigenvalue weighted by atomic mass is 35.5. The number of carbonyl (C=O) groups excluding carboxylic acids is 1. The van der Waals surface area contributed by atoms with E-state index in [2.05, 4.69) is 10.3 Å². The molecule has 0 aliphatic rings. The molecule has 0 spiro atoms. The van der Waals surface area contributed by atoms with Gasteiger partial charge in [0.25, 0.3) is 0 Å². The Hall–Kier alpha value is -1.39. The number of carbonyl (C=O) groups is 1. The van der Waals surface area contributed by atoms with Crippen molar-refractivity contribution < 1.29 is 4.79 Å². The van der Waals surface area contributed by atoms with E-state index in [1.807, 2.05) is 0 Å². The number of rotatable bonds is 2. The van der Waals surface area contributed by atoms with Crippen LogP contribution in [0.1, 0.15) is 16.1 Å². The molecule has 6 heteroatoms. The summed E-state index contributed by atoms with van der Waals surface area (Å²) in [5, 5.41) is 8.25. The summed E-state index contributed by atoms with van der Waals surface area (Å²) in [4.78, 5) is 11.9. The maximum Gasteiger partial charge on any atom is 0.214 e. The molecule has 1 heterocycles. The normalized spacial score (nSPS) is 10.4. The van der Waals surface area contributed by atoms with Gasteiger partial charge >= 0.3 is 0 Å². The fraction of sp³-hybridized carbons (Fsp3) is 0.100. The van der Waals surface area contributed by atoms with Crippen LogP contribution in [0.4, 0.5) is 0 Å². The standard InChI is InChI=1S/C10H7Cl2N3O/c1-15-5-9(13-14-15)10(16)6-2-7(11)4-8(12)3-6/h2-5H,1H3. The largest absolute Gasteiger partial charge is 0.287 e. The molecule has 0 saturated heterocycles. The second-order valence-corrected chi connectivity index (χ2v) is 4.14. The predicted molar refractivity (Wildman–Crippen MR) is 60.9 cm³/mol. The van der Waals surface area contributed by atoms with Gasteiger partial charge in [-0.05, 0) is 18.2 Å². The summed E-state index contributed by atoms with van der Waals surface area (Å²) in [6.07, 6.45) is 1.54. The van der Waals surface area contributed by atoms with Gasteiger partial charge in [0.1, 0.15) is 0 Å². The molecule has 0 aliphatic carbocycles. The highest BCUT2D eigenvalue weighted by Gasteiger charge is 2.13. The van der Waals surface area contributed by atoms with E-state index in [1.165, 1.54) is 10.9 Å². The van der Waals surface area contributed by atoms with Crippen LogP contribution in [0.2, 0.25) is 10.0 Å². The second-order valence-electron chi connectivity index (χ2n) is 3.26. The summed E-state index contributed by atoms with van der Waals surface area (Å²) in [5.41, 5.74) is 0.666. The minimum absolute atomic E-state index is 0.252. The SMILES string of the molecule is Cn1cc(C(=O)c2cc(Cl)cc(Cl)c2)nn1. The van der Waals surface area contributed by atoms with Crippen molar-refractivity contribution in [3.05, 3.63) is 45.7 Å². The quantitative estimate of drug-likeness (QED) is 0.775. The molecule has 16 heavy (non-hydrogen) atoms. The van der Waals surface area contributed by atoms with Crippen LogP contribution < -0.4 is 0 Å². The maximum absolute atomic E-state index is 11.9. The van der Waals surface area contributed by atoms with Gasteiger partial charge in [0.2, 0.25) is 5.78 Å². The van der Waals surface area contributed by atoms with Crippen molar-refractivity contribution in [3.8, 4) is 0 Å². The number of ketones is 1. The molecule has 1 aromatic carbocycles. The maximum atomic E-state index is 11.9. The molecular formula is C10H7Cl2N3O. The van der Waals surface area contributed by atoms with Crippen molar-refractivity contribution in [3.63, 3.8) is 0 Å². The lowest BCUT2D eigenvalue weighted by Gasteiger charge is -1.99. The Morgan fingerprint density at radius 1 is 1.25 bits per heavy atom. The van der Waals surface area contributed by atoms with E-state index in [4.69, 9.17) is 23.2 Å². The first kappa shape index (κ1) is 11.1. The number of nitrogens with zero attached hydrogens (tertiary/aromatic N) is 3.